The van der Waals surface area contributed by atoms with E-state index in [0.717, 1.165) is 0 Å². The van der Waals surface area contributed by atoms with E-state index in [-0.39, 0.29) is 12.3 Å². The van der Waals surface area contributed by atoms with Gasteiger partial charge in [0.25, 0.3) is 0 Å². The highest BCUT2D eigenvalue weighted by Crippen LogP contribution is 2.00. The number of carboxylic acids is 1. The van der Waals surface area contributed by atoms with Crippen LogP contribution in [0.4, 0.5) is 0 Å². The van der Waals surface area contributed by atoms with Gasteiger partial charge in [0, 0.05) is 5.92 Å². The van der Waals surface area contributed by atoms with Gasteiger partial charge in [-0.1, -0.05) is 6.58 Å². The molecule has 0 aliphatic heterocycles. The van der Waals surface area contributed by atoms with Crippen molar-refractivity contribution in [2.45, 2.75) is 6.42 Å². The molecule has 0 radical (unpaired) electrons. The number of hydrogen-bond donors (Lipinski definition) is 2. The Morgan fingerprint density at radius 1 is 1.90 bits per heavy atom. The van der Waals surface area contributed by atoms with Crippen LogP contribution < -0.4 is 5.73 Å². The Morgan fingerprint density at radius 3 is 2.80 bits per heavy atom. The molecule has 3 N–H and O–H groups in total. The lowest BCUT2D eigenvalue weighted by Gasteiger charge is -2.02. The van der Waals surface area contributed by atoms with Gasteiger partial charge in [0.05, 0.1) is 6.42 Å². The van der Waals surface area contributed by atoms with E-state index >= 15 is 0 Å². The van der Waals surface area contributed by atoms with E-state index in [1.165, 1.54) is 0 Å². The standard InChI is InChI=1S/C7H11NO2/c1-2-3-6(5-8)4-7(9)10/h3,6H,1,4-5,8H2,(H,9,10). The van der Waals surface area contributed by atoms with E-state index in [0.29, 0.717) is 6.54 Å². The van der Waals surface area contributed by atoms with Crippen molar-refractivity contribution in [3.8, 4) is 0 Å². The van der Waals surface area contributed by atoms with Crippen molar-refractivity contribution in [3.63, 3.8) is 0 Å². The van der Waals surface area contributed by atoms with Crippen LogP contribution in [0.5, 0.6) is 0 Å². The van der Waals surface area contributed by atoms with Gasteiger partial charge in [-0.3, -0.25) is 4.79 Å². The Hall–Kier alpha value is -1.05. The minimum absolute atomic E-state index is 0.0546. The molecule has 0 fully saturated rings. The molecule has 0 aromatic carbocycles. The summed E-state index contributed by atoms with van der Waals surface area (Å²) in [6.45, 7) is 3.65. The summed E-state index contributed by atoms with van der Waals surface area (Å²) in [6.07, 6.45) is 1.63. The fourth-order valence-corrected chi connectivity index (χ4v) is 0.601. The molecule has 3 heteroatoms. The molecule has 0 saturated heterocycles. The van der Waals surface area contributed by atoms with Crippen molar-refractivity contribution < 1.29 is 9.90 Å². The summed E-state index contributed by atoms with van der Waals surface area (Å²) in [5, 5.41) is 8.32. The first-order valence-corrected chi connectivity index (χ1v) is 2.98. The molecule has 0 amide bonds. The van der Waals surface area contributed by atoms with E-state index in [9.17, 15) is 4.79 Å². The zero-order chi connectivity index (χ0) is 7.98. The Labute approximate surface area is 59.8 Å². The average Bonchev–Trinajstić information content (AvgIpc) is 1.86. The van der Waals surface area contributed by atoms with Gasteiger partial charge >= 0.3 is 5.97 Å². The molecule has 3 nitrogen and oxygen atoms in total. The summed E-state index contributed by atoms with van der Waals surface area (Å²) in [5.41, 5.74) is 7.75. The number of carboxylic acid groups (broad SMARTS) is 1. The third kappa shape index (κ3) is 3.89. The molecule has 0 saturated carbocycles. The lowest BCUT2D eigenvalue weighted by molar-refractivity contribution is -0.137. The number of hydrogen-bond acceptors (Lipinski definition) is 2. The molecule has 0 heterocycles. The van der Waals surface area contributed by atoms with Crippen molar-refractivity contribution in [1.82, 2.24) is 0 Å². The van der Waals surface area contributed by atoms with Crippen LogP contribution >= 0.6 is 0 Å². The molecule has 0 rings (SSSR count). The maximum atomic E-state index is 10.1. The van der Waals surface area contributed by atoms with Crippen molar-refractivity contribution >= 4 is 5.97 Å². The van der Waals surface area contributed by atoms with Gasteiger partial charge in [-0.25, -0.2) is 0 Å². The molecule has 10 heavy (non-hydrogen) atoms. The van der Waals surface area contributed by atoms with Crippen molar-refractivity contribution in [2.24, 2.45) is 11.7 Å². The molecule has 0 aliphatic carbocycles. The molecule has 0 bridgehead atoms. The molecule has 0 spiro atoms. The van der Waals surface area contributed by atoms with Crippen LogP contribution in [0, 0.1) is 5.92 Å². The second-order valence-corrected chi connectivity index (χ2v) is 1.96. The zero-order valence-corrected chi connectivity index (χ0v) is 5.71. The van der Waals surface area contributed by atoms with E-state index in [1.54, 1.807) is 6.08 Å². The van der Waals surface area contributed by atoms with Gasteiger partial charge in [0.2, 0.25) is 0 Å². The maximum absolute atomic E-state index is 10.1. The highest BCUT2D eigenvalue weighted by Gasteiger charge is 2.06. The van der Waals surface area contributed by atoms with Crippen LogP contribution in [0.25, 0.3) is 0 Å². The van der Waals surface area contributed by atoms with Gasteiger partial charge in [-0.05, 0) is 12.6 Å². The SMILES string of the molecule is C=C=CC(CN)CC(=O)O. The van der Waals surface area contributed by atoms with E-state index < -0.39 is 5.97 Å². The first kappa shape index (κ1) is 8.95. The second kappa shape index (κ2) is 4.79. The molecule has 1 unspecified atom stereocenters. The van der Waals surface area contributed by atoms with E-state index in [2.05, 4.69) is 12.3 Å². The molecular weight excluding hydrogens is 130 g/mol. The minimum Gasteiger partial charge on any atom is -0.481 e. The smallest absolute Gasteiger partial charge is 0.304 e. The van der Waals surface area contributed by atoms with Gasteiger partial charge in [0.1, 0.15) is 0 Å². The molecule has 0 aromatic rings. The summed E-state index contributed by atoms with van der Waals surface area (Å²) in [4.78, 5) is 10.1. The highest BCUT2D eigenvalue weighted by molar-refractivity contribution is 5.67. The molecule has 0 aliphatic rings. The zero-order valence-electron chi connectivity index (χ0n) is 5.71. The van der Waals surface area contributed by atoms with E-state index in [1.807, 2.05) is 0 Å². The Morgan fingerprint density at radius 2 is 2.50 bits per heavy atom. The predicted molar refractivity (Wildman–Crippen MR) is 38.5 cm³/mol. The molecule has 56 valence electrons. The fraction of sp³-hybridized carbons (Fsp3) is 0.429. The lowest BCUT2D eigenvalue weighted by atomic mass is 10.1. The Kier molecular flexibility index (Phi) is 4.29. The van der Waals surface area contributed by atoms with Crippen molar-refractivity contribution in [3.05, 3.63) is 18.4 Å². The molecular formula is C7H11NO2. The quantitative estimate of drug-likeness (QED) is 0.556. The average molecular weight is 141 g/mol. The number of rotatable bonds is 4. The summed E-state index contributed by atoms with van der Waals surface area (Å²) in [6, 6.07) is 0. The van der Waals surface area contributed by atoms with Crippen LogP contribution in [-0.4, -0.2) is 17.6 Å². The van der Waals surface area contributed by atoms with Crippen LogP contribution in [0.1, 0.15) is 6.42 Å². The monoisotopic (exact) mass is 141 g/mol. The summed E-state index contributed by atoms with van der Waals surface area (Å²) >= 11 is 0. The highest BCUT2D eigenvalue weighted by atomic mass is 16.4. The van der Waals surface area contributed by atoms with Crippen LogP contribution in [-0.2, 0) is 4.79 Å². The van der Waals surface area contributed by atoms with Gasteiger partial charge < -0.3 is 10.8 Å². The predicted octanol–water partition coefficient (Wildman–Crippen LogP) is 0.377. The number of nitrogens with two attached hydrogens (primary N) is 1. The minimum atomic E-state index is -0.845. The summed E-state index contributed by atoms with van der Waals surface area (Å²) in [7, 11) is 0. The fourth-order valence-electron chi connectivity index (χ4n) is 0.601. The van der Waals surface area contributed by atoms with Crippen LogP contribution in [0.2, 0.25) is 0 Å². The molecule has 0 aromatic heterocycles. The maximum Gasteiger partial charge on any atom is 0.304 e. The van der Waals surface area contributed by atoms with Crippen molar-refractivity contribution in [2.75, 3.05) is 6.54 Å². The summed E-state index contributed by atoms with van der Waals surface area (Å²) < 4.78 is 0. The normalized spacial score (nSPS) is 11.7. The van der Waals surface area contributed by atoms with Crippen LogP contribution in [0.3, 0.4) is 0 Å². The van der Waals surface area contributed by atoms with E-state index in [4.69, 9.17) is 10.8 Å². The topological polar surface area (TPSA) is 63.3 Å². The van der Waals surface area contributed by atoms with Gasteiger partial charge in [-0.2, -0.15) is 0 Å². The lowest BCUT2D eigenvalue weighted by Crippen LogP contribution is -2.15. The van der Waals surface area contributed by atoms with Crippen molar-refractivity contribution in [1.29, 1.82) is 0 Å². The summed E-state index contributed by atoms with van der Waals surface area (Å²) in [5.74, 6) is -0.975. The third-order valence-corrected chi connectivity index (χ3v) is 1.09. The number of aliphatic carboxylic acids is 1. The Balaban J connectivity index is 3.82. The van der Waals surface area contributed by atoms with Crippen LogP contribution in [0.15, 0.2) is 18.4 Å². The van der Waals surface area contributed by atoms with Gasteiger partial charge in [-0.15, -0.1) is 5.73 Å². The Bertz CT molecular complexity index is 159. The largest absolute Gasteiger partial charge is 0.481 e. The third-order valence-electron chi connectivity index (χ3n) is 1.09. The van der Waals surface area contributed by atoms with Gasteiger partial charge in [0.15, 0.2) is 0 Å². The second-order valence-electron chi connectivity index (χ2n) is 1.96. The first-order chi connectivity index (χ1) is 4.70. The molecule has 1 atom stereocenters. The number of carbonyl (C=O) groups is 1. The first-order valence-electron chi connectivity index (χ1n) is 2.98.